The highest BCUT2D eigenvalue weighted by Crippen LogP contribution is 2.64. The van der Waals surface area contributed by atoms with Crippen LogP contribution in [0.15, 0.2) is 9.49 Å². The molecule has 1 fully saturated rings. The van der Waals surface area contributed by atoms with Crippen LogP contribution in [0.25, 0.3) is 0 Å². The summed E-state index contributed by atoms with van der Waals surface area (Å²) in [5.74, 6) is 0. The molecule has 8 nitrogen and oxygen atoms in total. The highest BCUT2D eigenvalue weighted by molar-refractivity contribution is 7.59. The molecule has 0 aromatic carbocycles. The Morgan fingerprint density at radius 1 is 0.364 bits per heavy atom. The van der Waals surface area contributed by atoms with Gasteiger partial charge in [0.15, 0.2) is 15.0 Å². The summed E-state index contributed by atoms with van der Waals surface area (Å²) in [5.41, 5.74) is 0. The summed E-state index contributed by atoms with van der Waals surface area (Å²) in [6, 6.07) is 0. The van der Waals surface area contributed by atoms with Crippen molar-refractivity contribution in [2.24, 2.45) is 9.49 Å². The van der Waals surface area contributed by atoms with Gasteiger partial charge in [0.25, 0.3) is 0 Å². The highest BCUT2D eigenvalue weighted by Gasteiger charge is 2.45. The molecule has 10 heteroatoms. The van der Waals surface area contributed by atoms with E-state index < -0.39 is 15.0 Å². The molecule has 44 heavy (non-hydrogen) atoms. The zero-order valence-electron chi connectivity index (χ0n) is 31.4. The Morgan fingerprint density at radius 3 is 0.727 bits per heavy atom. The van der Waals surface area contributed by atoms with Crippen molar-refractivity contribution in [1.82, 2.24) is 28.0 Å². The van der Waals surface area contributed by atoms with Gasteiger partial charge in [-0.3, -0.25) is 9.49 Å². The molecule has 1 saturated heterocycles. The van der Waals surface area contributed by atoms with Gasteiger partial charge in [0.2, 0.25) is 0 Å². The van der Waals surface area contributed by atoms with E-state index in [1.54, 1.807) is 0 Å². The van der Waals surface area contributed by atoms with E-state index in [1.165, 1.54) is 51.4 Å². The topological polar surface area (TPSA) is 44.2 Å². The van der Waals surface area contributed by atoms with Crippen LogP contribution in [-0.4, -0.2) is 120 Å². The monoisotopic (exact) mass is 661 g/mol. The number of hydrogen-bond donors (Lipinski definition) is 0. The maximum absolute atomic E-state index is 5.83. The van der Waals surface area contributed by atoms with E-state index in [4.69, 9.17) is 9.49 Å². The molecular weight excluding hydrogens is 582 g/mol. The Morgan fingerprint density at radius 2 is 0.568 bits per heavy atom. The second-order valence-electron chi connectivity index (χ2n) is 12.5. The average molecular weight is 661 g/mol. The van der Waals surface area contributed by atoms with E-state index in [0.717, 1.165) is 104 Å². The summed E-state index contributed by atoms with van der Waals surface area (Å²) in [5, 5.41) is 0. The van der Waals surface area contributed by atoms with Crippen molar-refractivity contribution < 1.29 is 0 Å². The van der Waals surface area contributed by atoms with Gasteiger partial charge in [-0.05, 0) is 64.2 Å². The molecule has 0 spiro atoms. The fourth-order valence-electron chi connectivity index (χ4n) is 6.89. The number of nitrogens with zero attached hydrogens (tertiary/aromatic N) is 8. The molecule has 0 aromatic heterocycles. The number of rotatable bonds is 26. The molecule has 0 bridgehead atoms. The molecule has 0 aromatic rings. The molecule has 1 heterocycles. The van der Waals surface area contributed by atoms with Gasteiger partial charge in [-0.15, -0.1) is 0 Å². The maximum Gasteiger partial charge on any atom is 0.167 e. The minimum Gasteiger partial charge on any atom is -0.261 e. The summed E-state index contributed by atoms with van der Waals surface area (Å²) in [4.78, 5) is 0. The Hall–Kier alpha value is 0.220. The normalized spacial score (nSPS) is 15.8. The first kappa shape index (κ1) is 42.2. The molecule has 1 rings (SSSR count). The summed E-state index contributed by atoms with van der Waals surface area (Å²) in [7, 11) is -4.04. The molecule has 264 valence electrons. The van der Waals surface area contributed by atoms with Crippen LogP contribution < -0.4 is 0 Å². The molecule has 0 N–H and O–H groups in total. The summed E-state index contributed by atoms with van der Waals surface area (Å²) in [6.07, 6.45) is 11.7. The molecule has 0 unspecified atom stereocenters. The van der Waals surface area contributed by atoms with Gasteiger partial charge in [0.05, 0.1) is 0 Å². The van der Waals surface area contributed by atoms with Crippen molar-refractivity contribution in [2.75, 3.05) is 91.6 Å². The average Bonchev–Trinajstić information content (AvgIpc) is 3.03. The lowest BCUT2D eigenvalue weighted by molar-refractivity contribution is 0.220. The van der Waals surface area contributed by atoms with Crippen molar-refractivity contribution >= 4 is 15.0 Å². The molecule has 0 saturated carbocycles. The molecule has 0 radical (unpaired) electrons. The number of hydrogen-bond acceptors (Lipinski definition) is 2. The minimum atomic E-state index is -2.02. The highest BCUT2D eigenvalue weighted by atomic mass is 31.2. The third kappa shape index (κ3) is 11.1. The molecule has 1 aliphatic rings. The lowest BCUT2D eigenvalue weighted by atomic mass is 10.4. The van der Waals surface area contributed by atoms with E-state index in [9.17, 15) is 0 Å². The van der Waals surface area contributed by atoms with Crippen molar-refractivity contribution in [1.29, 1.82) is 0 Å². The second-order valence-corrected chi connectivity index (χ2v) is 18.6. The van der Waals surface area contributed by atoms with Gasteiger partial charge in [-0.25, -0.2) is 28.0 Å². The van der Waals surface area contributed by atoms with Gasteiger partial charge in [-0.2, -0.15) is 0 Å². The lowest BCUT2D eigenvalue weighted by Crippen LogP contribution is -2.53. The molecular formula is C34H78N8P2. The van der Waals surface area contributed by atoms with Gasteiger partial charge in [0.1, 0.15) is 0 Å². The first-order valence-electron chi connectivity index (χ1n) is 19.1. The van der Waals surface area contributed by atoms with Crippen molar-refractivity contribution in [3.8, 4) is 0 Å². The van der Waals surface area contributed by atoms with Gasteiger partial charge < -0.3 is 0 Å². The van der Waals surface area contributed by atoms with E-state index >= 15 is 0 Å². The van der Waals surface area contributed by atoms with Crippen molar-refractivity contribution in [3.05, 3.63) is 0 Å². The molecule has 0 amide bonds. The smallest absolute Gasteiger partial charge is 0.167 e. The lowest BCUT2D eigenvalue weighted by Gasteiger charge is -2.55. The Labute approximate surface area is 277 Å². The third-order valence-corrected chi connectivity index (χ3v) is 16.5. The van der Waals surface area contributed by atoms with Gasteiger partial charge >= 0.3 is 0 Å². The van der Waals surface area contributed by atoms with E-state index in [-0.39, 0.29) is 0 Å². The van der Waals surface area contributed by atoms with Crippen LogP contribution in [0.4, 0.5) is 0 Å². The van der Waals surface area contributed by atoms with Crippen LogP contribution in [0.3, 0.4) is 0 Å². The molecule has 1 aliphatic heterocycles. The first-order valence-corrected chi connectivity index (χ1v) is 22.3. The van der Waals surface area contributed by atoms with E-state index in [2.05, 4.69) is 97.3 Å². The van der Waals surface area contributed by atoms with Crippen LogP contribution in [-0.2, 0) is 0 Å². The van der Waals surface area contributed by atoms with Crippen LogP contribution in [0.2, 0.25) is 0 Å². The summed E-state index contributed by atoms with van der Waals surface area (Å²) < 4.78 is 29.0. The third-order valence-electron chi connectivity index (χ3n) is 8.39. The minimum absolute atomic E-state index is 0.964. The summed E-state index contributed by atoms with van der Waals surface area (Å²) >= 11 is 0. The zero-order valence-corrected chi connectivity index (χ0v) is 33.2. The number of piperazine rings is 1. The van der Waals surface area contributed by atoms with Crippen molar-refractivity contribution in [2.45, 2.75) is 133 Å². The van der Waals surface area contributed by atoms with Crippen LogP contribution in [0.1, 0.15) is 133 Å². The molecule has 0 atom stereocenters. The zero-order chi connectivity index (χ0) is 32.8. The molecule has 0 aliphatic carbocycles. The van der Waals surface area contributed by atoms with Gasteiger partial charge in [0, 0.05) is 91.6 Å². The largest absolute Gasteiger partial charge is 0.261 e. The van der Waals surface area contributed by atoms with E-state index in [0.29, 0.717) is 0 Å². The maximum atomic E-state index is 5.83. The Balaban J connectivity index is 3.84. The fraction of sp³-hybridized carbons (Fsp3) is 1.00. The standard InChI is InChI=1S/C34H78N8P2/c1-11-21-35-43(37(23-13-3)24-14-4,38(25-15-5)26-16-6)41-31-33-42(34-32-41)44(36-22-12-2,39(27-17-7)28-18-8)40(29-19-9)30-20-10/h11-34H2,1-10H3. The van der Waals surface area contributed by atoms with Crippen LogP contribution >= 0.6 is 15.0 Å². The summed E-state index contributed by atoms with van der Waals surface area (Å²) in [6.45, 7) is 38.9. The van der Waals surface area contributed by atoms with Crippen LogP contribution in [0.5, 0.6) is 0 Å². The quantitative estimate of drug-likeness (QED) is 0.0861. The predicted molar refractivity (Wildman–Crippen MR) is 201 cm³/mol. The van der Waals surface area contributed by atoms with Crippen molar-refractivity contribution in [3.63, 3.8) is 0 Å². The Bertz CT molecular complexity index is 685. The second kappa shape index (κ2) is 24.4. The fourth-order valence-corrected chi connectivity index (χ4v) is 16.2. The predicted octanol–water partition coefficient (Wildman–Crippen LogP) is 9.80. The first-order chi connectivity index (χ1) is 21.4. The SMILES string of the molecule is CCCN=P(N(CCC)CCC)(N(CCC)CCC)N1CCN(P(=NCCC)(N(CCC)CCC)N(CCC)CCC)CC1. The van der Waals surface area contributed by atoms with E-state index in [1.807, 2.05) is 0 Å². The van der Waals surface area contributed by atoms with Crippen LogP contribution in [0, 0.1) is 0 Å². The van der Waals surface area contributed by atoms with Gasteiger partial charge in [-0.1, -0.05) is 69.2 Å². The Kier molecular flexibility index (Phi) is 23.4.